The maximum atomic E-state index is 12.9. The van der Waals surface area contributed by atoms with Gasteiger partial charge in [-0.2, -0.15) is 0 Å². The molecule has 0 atom stereocenters. The lowest BCUT2D eigenvalue weighted by Gasteiger charge is -2.14. The molecular formula is C21H23ClN2O4. The number of fused-ring (bicyclic) bond motifs is 1. The molecule has 0 fully saturated rings. The summed E-state index contributed by atoms with van der Waals surface area (Å²) in [6.45, 7) is 6.29. The van der Waals surface area contributed by atoms with Crippen LogP contribution in [-0.2, 0) is 0 Å². The van der Waals surface area contributed by atoms with Gasteiger partial charge in [-0.15, -0.1) is 12.4 Å². The Kier molecular flexibility index (Phi) is 6.83. The van der Waals surface area contributed by atoms with E-state index in [0.29, 0.717) is 35.7 Å². The van der Waals surface area contributed by atoms with Crippen molar-refractivity contribution in [2.24, 2.45) is 5.73 Å². The number of aryl methyl sites for hydroxylation is 3. The van der Waals surface area contributed by atoms with Gasteiger partial charge in [0.25, 0.3) is 5.91 Å². The molecule has 0 saturated heterocycles. The van der Waals surface area contributed by atoms with Gasteiger partial charge in [-0.3, -0.25) is 4.79 Å². The minimum Gasteiger partial charge on any atom is -0.491 e. The van der Waals surface area contributed by atoms with Gasteiger partial charge in [-0.1, -0.05) is 11.6 Å². The lowest BCUT2D eigenvalue weighted by molar-refractivity contribution is 0.102. The van der Waals surface area contributed by atoms with E-state index < -0.39 is 5.63 Å². The Hall–Kier alpha value is -2.83. The molecule has 0 radical (unpaired) electrons. The summed E-state index contributed by atoms with van der Waals surface area (Å²) >= 11 is 0. The number of benzene rings is 2. The summed E-state index contributed by atoms with van der Waals surface area (Å²) < 4.78 is 10.8. The van der Waals surface area contributed by atoms with Crippen molar-refractivity contribution in [1.29, 1.82) is 0 Å². The third kappa shape index (κ3) is 4.52. The van der Waals surface area contributed by atoms with Crippen molar-refractivity contribution >= 4 is 35.0 Å². The zero-order valence-electron chi connectivity index (χ0n) is 16.0. The molecule has 1 aromatic heterocycles. The molecular weight excluding hydrogens is 380 g/mol. The molecule has 7 heteroatoms. The van der Waals surface area contributed by atoms with Crippen molar-refractivity contribution < 1.29 is 13.9 Å². The Morgan fingerprint density at radius 2 is 1.86 bits per heavy atom. The average molecular weight is 403 g/mol. The molecule has 28 heavy (non-hydrogen) atoms. The van der Waals surface area contributed by atoms with Gasteiger partial charge < -0.3 is 20.2 Å². The molecule has 3 aromatic rings. The quantitative estimate of drug-likeness (QED) is 0.634. The number of nitrogens with one attached hydrogen (secondary N) is 1. The first kappa shape index (κ1) is 21.5. The first-order valence-electron chi connectivity index (χ1n) is 8.69. The smallest absolute Gasteiger partial charge is 0.336 e. The minimum absolute atomic E-state index is 0. The Labute approximate surface area is 169 Å². The molecule has 1 heterocycles. The fourth-order valence-corrected chi connectivity index (χ4v) is 2.91. The van der Waals surface area contributed by atoms with Crippen LogP contribution >= 0.6 is 12.4 Å². The van der Waals surface area contributed by atoms with Crippen LogP contribution in [0, 0.1) is 20.8 Å². The lowest BCUT2D eigenvalue weighted by Crippen LogP contribution is -2.17. The summed E-state index contributed by atoms with van der Waals surface area (Å²) in [5.41, 5.74) is 9.23. The second kappa shape index (κ2) is 8.91. The lowest BCUT2D eigenvalue weighted by atomic mass is 10.1. The number of halogens is 1. The van der Waals surface area contributed by atoms with Gasteiger partial charge in [0.15, 0.2) is 0 Å². The number of rotatable bonds is 5. The van der Waals surface area contributed by atoms with E-state index in [9.17, 15) is 9.59 Å². The maximum Gasteiger partial charge on any atom is 0.336 e. The van der Waals surface area contributed by atoms with Crippen LogP contribution < -0.4 is 21.4 Å². The number of ether oxygens (including phenoxy) is 1. The second-order valence-electron chi connectivity index (χ2n) is 6.50. The van der Waals surface area contributed by atoms with Crippen LogP contribution in [-0.4, -0.2) is 19.1 Å². The molecule has 148 valence electrons. The predicted octanol–water partition coefficient (Wildman–Crippen LogP) is 3.73. The third-order valence-electron chi connectivity index (χ3n) is 4.30. The van der Waals surface area contributed by atoms with E-state index in [-0.39, 0.29) is 18.3 Å². The van der Waals surface area contributed by atoms with E-state index in [1.54, 1.807) is 18.2 Å². The van der Waals surface area contributed by atoms with Gasteiger partial charge in [0.05, 0.1) is 5.56 Å². The summed E-state index contributed by atoms with van der Waals surface area (Å²) in [4.78, 5) is 24.4. The van der Waals surface area contributed by atoms with Crippen LogP contribution in [0.4, 0.5) is 5.69 Å². The third-order valence-corrected chi connectivity index (χ3v) is 4.30. The minimum atomic E-state index is -0.391. The highest BCUT2D eigenvalue weighted by Crippen LogP contribution is 2.27. The van der Waals surface area contributed by atoms with E-state index in [4.69, 9.17) is 14.9 Å². The normalized spacial score (nSPS) is 10.4. The molecule has 0 saturated carbocycles. The maximum absolute atomic E-state index is 12.9. The Morgan fingerprint density at radius 3 is 2.57 bits per heavy atom. The molecule has 3 N–H and O–H groups in total. The summed E-state index contributed by atoms with van der Waals surface area (Å²) in [5.74, 6) is 0.215. The van der Waals surface area contributed by atoms with Crippen molar-refractivity contribution in [3.63, 3.8) is 0 Å². The predicted molar refractivity (Wildman–Crippen MR) is 113 cm³/mol. The molecule has 0 bridgehead atoms. The number of hydrogen-bond acceptors (Lipinski definition) is 5. The molecule has 0 unspecified atom stereocenters. The first-order valence-corrected chi connectivity index (χ1v) is 8.69. The SMILES string of the molecule is Cc1ccc(OCCN)c(C(=O)Nc2cc3c(C)cc(=O)oc3cc2C)c1.Cl. The van der Waals surface area contributed by atoms with Crippen LogP contribution in [0.25, 0.3) is 11.0 Å². The Bertz CT molecular complexity index is 1080. The monoisotopic (exact) mass is 402 g/mol. The molecule has 0 aliphatic heterocycles. The van der Waals surface area contributed by atoms with Gasteiger partial charge in [0.1, 0.15) is 17.9 Å². The van der Waals surface area contributed by atoms with Crippen molar-refractivity contribution in [2.75, 3.05) is 18.5 Å². The van der Waals surface area contributed by atoms with Crippen molar-refractivity contribution in [2.45, 2.75) is 20.8 Å². The van der Waals surface area contributed by atoms with E-state index in [2.05, 4.69) is 5.32 Å². The largest absolute Gasteiger partial charge is 0.491 e. The van der Waals surface area contributed by atoms with Crippen LogP contribution in [0.5, 0.6) is 5.75 Å². The number of carbonyl (C=O) groups is 1. The number of carbonyl (C=O) groups excluding carboxylic acids is 1. The van der Waals surface area contributed by atoms with E-state index in [1.807, 2.05) is 32.9 Å². The molecule has 6 nitrogen and oxygen atoms in total. The zero-order chi connectivity index (χ0) is 19.6. The van der Waals surface area contributed by atoms with Crippen molar-refractivity contribution in [3.8, 4) is 5.75 Å². The van der Waals surface area contributed by atoms with E-state index >= 15 is 0 Å². The van der Waals surface area contributed by atoms with Gasteiger partial charge in [0.2, 0.25) is 0 Å². The fraction of sp³-hybridized carbons (Fsp3) is 0.238. The fourth-order valence-electron chi connectivity index (χ4n) is 2.91. The summed E-state index contributed by atoms with van der Waals surface area (Å²) in [6.07, 6.45) is 0. The molecule has 0 aliphatic rings. The van der Waals surface area contributed by atoms with Crippen molar-refractivity contribution in [3.05, 3.63) is 69.1 Å². The number of nitrogens with two attached hydrogens (primary N) is 1. The number of anilines is 1. The highest BCUT2D eigenvalue weighted by molar-refractivity contribution is 6.07. The number of hydrogen-bond donors (Lipinski definition) is 2. The summed E-state index contributed by atoms with van der Waals surface area (Å²) in [5, 5.41) is 3.71. The topological polar surface area (TPSA) is 94.6 Å². The van der Waals surface area contributed by atoms with Gasteiger partial charge >= 0.3 is 5.63 Å². The van der Waals surface area contributed by atoms with Gasteiger partial charge in [0, 0.05) is 23.7 Å². The van der Waals surface area contributed by atoms with Crippen LogP contribution in [0.3, 0.4) is 0 Å². The van der Waals surface area contributed by atoms with Crippen LogP contribution in [0.15, 0.2) is 45.6 Å². The summed E-state index contributed by atoms with van der Waals surface area (Å²) in [7, 11) is 0. The average Bonchev–Trinajstić information content (AvgIpc) is 2.61. The standard InChI is InChI=1S/C21H22N2O4.ClH/c1-12-4-5-18(26-7-6-22)16(8-12)21(25)23-17-11-15-13(2)10-20(24)27-19(15)9-14(17)3;/h4-5,8-11H,6-7,22H2,1-3H3,(H,23,25);1H. The zero-order valence-corrected chi connectivity index (χ0v) is 16.8. The van der Waals surface area contributed by atoms with E-state index in [1.165, 1.54) is 6.07 Å². The Morgan fingerprint density at radius 1 is 1.11 bits per heavy atom. The molecule has 2 aromatic carbocycles. The Balaban J connectivity index is 0.00000280. The number of amides is 1. The molecule has 0 spiro atoms. The first-order chi connectivity index (χ1) is 12.9. The molecule has 0 aliphatic carbocycles. The second-order valence-corrected chi connectivity index (χ2v) is 6.50. The van der Waals surface area contributed by atoms with Gasteiger partial charge in [-0.25, -0.2) is 4.79 Å². The van der Waals surface area contributed by atoms with Crippen LogP contribution in [0.2, 0.25) is 0 Å². The van der Waals surface area contributed by atoms with Gasteiger partial charge in [-0.05, 0) is 56.2 Å². The summed E-state index contributed by atoms with van der Waals surface area (Å²) in [6, 6.07) is 10.4. The highest BCUT2D eigenvalue weighted by atomic mass is 35.5. The highest BCUT2D eigenvalue weighted by Gasteiger charge is 2.15. The van der Waals surface area contributed by atoms with E-state index in [0.717, 1.165) is 22.1 Å². The van der Waals surface area contributed by atoms with Crippen LogP contribution in [0.1, 0.15) is 27.0 Å². The molecule has 1 amide bonds. The van der Waals surface area contributed by atoms with Crippen molar-refractivity contribution in [1.82, 2.24) is 0 Å². The molecule has 3 rings (SSSR count).